The predicted molar refractivity (Wildman–Crippen MR) is 122 cm³/mol. The number of aromatic nitrogens is 3. The highest BCUT2D eigenvalue weighted by atomic mass is 32.2. The van der Waals surface area contributed by atoms with Crippen LogP contribution in [0.3, 0.4) is 0 Å². The van der Waals surface area contributed by atoms with Gasteiger partial charge in [0.1, 0.15) is 0 Å². The fourth-order valence-electron chi connectivity index (χ4n) is 3.93. The highest BCUT2D eigenvalue weighted by molar-refractivity contribution is 7.99. The van der Waals surface area contributed by atoms with Crippen LogP contribution in [-0.4, -0.2) is 46.1 Å². The van der Waals surface area contributed by atoms with Crippen molar-refractivity contribution in [2.75, 3.05) is 30.3 Å². The number of rotatable bonds is 9. The van der Waals surface area contributed by atoms with Gasteiger partial charge in [-0.2, -0.15) is 0 Å². The summed E-state index contributed by atoms with van der Waals surface area (Å²) >= 11 is 1.51. The molecule has 6 nitrogen and oxygen atoms in total. The zero-order valence-electron chi connectivity index (χ0n) is 18.1. The molecular weight excluding hydrogens is 394 g/mol. The maximum atomic E-state index is 12.4. The number of nitrogens with zero attached hydrogens (tertiary/aromatic N) is 4. The van der Waals surface area contributed by atoms with Crippen LogP contribution in [0.15, 0.2) is 29.4 Å². The van der Waals surface area contributed by atoms with E-state index < -0.39 is 0 Å². The molecule has 1 N–H and O–H groups in total. The average Bonchev–Trinajstić information content (AvgIpc) is 3.52. The molecule has 0 bridgehead atoms. The molecule has 1 aromatic carbocycles. The third-order valence-electron chi connectivity index (χ3n) is 5.91. The van der Waals surface area contributed by atoms with Crippen molar-refractivity contribution in [3.63, 3.8) is 0 Å². The number of carbonyl (C=O) groups is 1. The van der Waals surface area contributed by atoms with Crippen molar-refractivity contribution in [2.24, 2.45) is 0 Å². The lowest BCUT2D eigenvalue weighted by atomic mass is 10.0. The number of nitrogens with one attached hydrogen (secondary N) is 1. The van der Waals surface area contributed by atoms with E-state index in [4.69, 9.17) is 0 Å². The van der Waals surface area contributed by atoms with E-state index in [-0.39, 0.29) is 5.91 Å². The lowest BCUT2D eigenvalue weighted by Gasteiger charge is -2.27. The number of thioether (sulfide) groups is 1. The minimum atomic E-state index is 0.0590. The molecule has 162 valence electrons. The summed E-state index contributed by atoms with van der Waals surface area (Å²) in [4.78, 5) is 14.7. The molecule has 1 saturated heterocycles. The van der Waals surface area contributed by atoms with Gasteiger partial charge in [0, 0.05) is 25.7 Å². The first-order valence-corrected chi connectivity index (χ1v) is 12.3. The summed E-state index contributed by atoms with van der Waals surface area (Å²) < 4.78 is 2.28. The van der Waals surface area contributed by atoms with Gasteiger partial charge >= 0.3 is 0 Å². The Hall–Kier alpha value is -2.02. The number of carbonyl (C=O) groups excluding carboxylic acids is 1. The van der Waals surface area contributed by atoms with E-state index in [2.05, 4.69) is 63.1 Å². The molecular formula is C23H33N5OS. The topological polar surface area (TPSA) is 63.1 Å². The Morgan fingerprint density at radius 1 is 1.13 bits per heavy atom. The van der Waals surface area contributed by atoms with Gasteiger partial charge in [0.25, 0.3) is 0 Å². The molecule has 1 aliphatic heterocycles. The second-order valence-corrected chi connectivity index (χ2v) is 9.66. The Bertz CT molecular complexity index is 838. The second kappa shape index (κ2) is 9.86. The lowest BCUT2D eigenvalue weighted by Crippen LogP contribution is -2.32. The molecule has 2 heterocycles. The molecule has 2 fully saturated rings. The molecule has 1 saturated carbocycles. The molecule has 2 aromatic rings. The van der Waals surface area contributed by atoms with E-state index in [1.54, 1.807) is 0 Å². The Morgan fingerprint density at radius 3 is 2.53 bits per heavy atom. The fourth-order valence-corrected chi connectivity index (χ4v) is 4.76. The predicted octanol–water partition coefficient (Wildman–Crippen LogP) is 4.18. The van der Waals surface area contributed by atoms with Gasteiger partial charge in [0.05, 0.1) is 5.75 Å². The molecule has 1 aromatic heterocycles. The molecule has 0 atom stereocenters. The molecule has 30 heavy (non-hydrogen) atoms. The molecule has 1 aliphatic carbocycles. The quantitative estimate of drug-likeness (QED) is 0.608. The van der Waals surface area contributed by atoms with Gasteiger partial charge in [-0.1, -0.05) is 49.9 Å². The minimum Gasteiger partial charge on any atom is -0.355 e. The minimum absolute atomic E-state index is 0.0590. The fraction of sp³-hybridized carbons (Fsp3) is 0.609. The van der Waals surface area contributed by atoms with Crippen LogP contribution >= 0.6 is 11.8 Å². The highest BCUT2D eigenvalue weighted by Gasteiger charge is 2.32. The van der Waals surface area contributed by atoms with Crippen LogP contribution in [0.1, 0.15) is 69.0 Å². The van der Waals surface area contributed by atoms with E-state index in [0.717, 1.165) is 30.6 Å². The van der Waals surface area contributed by atoms with Gasteiger partial charge in [-0.25, -0.2) is 0 Å². The first-order valence-electron chi connectivity index (χ1n) is 11.3. The molecule has 0 radical (unpaired) electrons. The summed E-state index contributed by atoms with van der Waals surface area (Å²) in [7, 11) is 0. The van der Waals surface area contributed by atoms with Crippen molar-refractivity contribution in [3.05, 3.63) is 35.4 Å². The number of anilines is 1. The normalized spacial score (nSPS) is 16.8. The van der Waals surface area contributed by atoms with Crippen LogP contribution in [0.2, 0.25) is 0 Å². The average molecular weight is 428 g/mol. The van der Waals surface area contributed by atoms with Crippen LogP contribution in [0.4, 0.5) is 5.95 Å². The van der Waals surface area contributed by atoms with Gasteiger partial charge in [-0.05, 0) is 55.6 Å². The number of benzene rings is 1. The van der Waals surface area contributed by atoms with E-state index in [9.17, 15) is 4.79 Å². The zero-order valence-corrected chi connectivity index (χ0v) is 19.0. The molecule has 4 rings (SSSR count). The standard InChI is InChI=1S/C23H33N5OS/c1-17(2)19-8-6-18(7-9-19)12-13-24-21(29)16-30-23-26-25-22(28(23)20-10-11-20)27-14-4-3-5-15-27/h6-9,17,20H,3-5,10-16H2,1-2H3,(H,24,29). The van der Waals surface area contributed by atoms with Gasteiger partial charge < -0.3 is 10.2 Å². The van der Waals surface area contributed by atoms with Crippen molar-refractivity contribution in [1.82, 2.24) is 20.1 Å². The SMILES string of the molecule is CC(C)c1ccc(CCNC(=O)CSc2nnc(N3CCCCC3)n2C2CC2)cc1. The molecule has 0 unspecified atom stereocenters. The van der Waals surface area contributed by atoms with E-state index in [1.807, 2.05) is 0 Å². The van der Waals surface area contributed by atoms with Crippen LogP contribution in [0.25, 0.3) is 0 Å². The summed E-state index contributed by atoms with van der Waals surface area (Å²) in [5.41, 5.74) is 2.61. The molecule has 2 aliphatic rings. The Balaban J connectivity index is 1.26. The number of hydrogen-bond donors (Lipinski definition) is 1. The summed E-state index contributed by atoms with van der Waals surface area (Å²) in [6.45, 7) is 7.19. The largest absolute Gasteiger partial charge is 0.355 e. The van der Waals surface area contributed by atoms with Crippen molar-refractivity contribution >= 4 is 23.6 Å². The maximum absolute atomic E-state index is 12.4. The summed E-state index contributed by atoms with van der Waals surface area (Å²) in [6, 6.07) is 9.20. The van der Waals surface area contributed by atoms with E-state index in [0.29, 0.717) is 24.3 Å². The van der Waals surface area contributed by atoms with Gasteiger partial charge in [-0.15, -0.1) is 10.2 Å². The monoisotopic (exact) mass is 427 g/mol. The van der Waals surface area contributed by atoms with Crippen molar-refractivity contribution in [2.45, 2.75) is 69.5 Å². The zero-order chi connectivity index (χ0) is 20.9. The van der Waals surface area contributed by atoms with Gasteiger partial charge in [0.15, 0.2) is 5.16 Å². The van der Waals surface area contributed by atoms with Crippen LogP contribution in [0, 0.1) is 0 Å². The number of amides is 1. The van der Waals surface area contributed by atoms with E-state index >= 15 is 0 Å². The summed E-state index contributed by atoms with van der Waals surface area (Å²) in [5.74, 6) is 1.99. The highest BCUT2D eigenvalue weighted by Crippen LogP contribution is 2.41. The van der Waals surface area contributed by atoms with Crippen LogP contribution in [0.5, 0.6) is 0 Å². The van der Waals surface area contributed by atoms with E-state index in [1.165, 1.54) is 55.0 Å². The molecule has 7 heteroatoms. The Labute approximate surface area is 183 Å². The summed E-state index contributed by atoms with van der Waals surface area (Å²) in [6.07, 6.45) is 6.98. The third kappa shape index (κ3) is 5.36. The van der Waals surface area contributed by atoms with Crippen LogP contribution in [-0.2, 0) is 11.2 Å². The Kier molecular flexibility index (Phi) is 6.97. The van der Waals surface area contributed by atoms with Crippen molar-refractivity contribution < 1.29 is 4.79 Å². The van der Waals surface area contributed by atoms with Crippen LogP contribution < -0.4 is 10.2 Å². The lowest BCUT2D eigenvalue weighted by molar-refractivity contribution is -0.118. The third-order valence-corrected chi connectivity index (χ3v) is 6.86. The molecule has 1 amide bonds. The van der Waals surface area contributed by atoms with Crippen molar-refractivity contribution in [1.29, 1.82) is 0 Å². The maximum Gasteiger partial charge on any atom is 0.230 e. The first-order chi connectivity index (χ1) is 14.6. The number of hydrogen-bond acceptors (Lipinski definition) is 5. The molecule has 0 spiro atoms. The second-order valence-electron chi connectivity index (χ2n) is 8.72. The first kappa shape index (κ1) is 21.2. The Morgan fingerprint density at radius 2 is 1.87 bits per heavy atom. The van der Waals surface area contributed by atoms with Gasteiger partial charge in [-0.3, -0.25) is 9.36 Å². The van der Waals surface area contributed by atoms with Gasteiger partial charge in [0.2, 0.25) is 11.9 Å². The smallest absolute Gasteiger partial charge is 0.230 e. The summed E-state index contributed by atoms with van der Waals surface area (Å²) in [5, 5.41) is 12.8. The number of piperidine rings is 1. The van der Waals surface area contributed by atoms with Crippen molar-refractivity contribution in [3.8, 4) is 0 Å².